The molecule has 3 atom stereocenters. The fraction of sp³-hybridized carbons (Fsp3) is 0.619. The van der Waals surface area contributed by atoms with Gasteiger partial charge in [0, 0.05) is 36.1 Å². The lowest BCUT2D eigenvalue weighted by molar-refractivity contribution is -0.151. The highest BCUT2D eigenvalue weighted by Gasteiger charge is 2.38. The molecule has 0 aromatic heterocycles. The van der Waals surface area contributed by atoms with Crippen LogP contribution in [0.1, 0.15) is 45.2 Å². The zero-order valence-electron chi connectivity index (χ0n) is 18.3. The van der Waals surface area contributed by atoms with Crippen LogP contribution in [0.5, 0.6) is 5.75 Å². The number of phenolic OH excluding ortho intramolecular Hbond substituents is 1. The number of nitrogens with zero attached hydrogens (tertiary/aromatic N) is 1. The van der Waals surface area contributed by atoms with Gasteiger partial charge in [-0.3, -0.25) is 9.59 Å². The molecule has 1 aromatic carbocycles. The second-order valence-electron chi connectivity index (χ2n) is 9.07. The maximum atomic E-state index is 12.9. The van der Waals surface area contributed by atoms with E-state index in [2.05, 4.69) is 10.0 Å². The molecule has 2 saturated heterocycles. The number of hydrogen-bond acceptors (Lipinski definition) is 6. The van der Waals surface area contributed by atoms with Gasteiger partial charge < -0.3 is 24.6 Å². The van der Waals surface area contributed by atoms with Gasteiger partial charge in [0.2, 0.25) is 5.91 Å². The number of rotatable bonds is 5. The highest BCUT2D eigenvalue weighted by Crippen LogP contribution is 2.40. The number of benzene rings is 1. The summed E-state index contributed by atoms with van der Waals surface area (Å²) in [5.74, 6) is -0.397. The van der Waals surface area contributed by atoms with Crippen molar-refractivity contribution in [3.05, 3.63) is 27.7 Å². The number of piperidine rings is 1. The number of hydrogen-bond donors (Lipinski definition) is 3. The van der Waals surface area contributed by atoms with Crippen molar-refractivity contribution in [2.75, 3.05) is 26.2 Å². The number of carbonyl (C=O) groups excluding carboxylic acids is 2. The van der Waals surface area contributed by atoms with Gasteiger partial charge in [-0.15, -0.1) is 4.72 Å². The molecule has 0 bridgehead atoms. The van der Waals surface area contributed by atoms with Crippen LogP contribution < -0.4 is 10.0 Å². The molecule has 0 spiro atoms. The van der Waals surface area contributed by atoms with Crippen molar-refractivity contribution in [2.45, 2.75) is 50.5 Å². The van der Waals surface area contributed by atoms with Gasteiger partial charge in [0.25, 0.3) is 5.91 Å². The van der Waals surface area contributed by atoms with Crippen molar-refractivity contribution in [1.82, 2.24) is 14.9 Å². The number of aromatic hydroxyl groups is 1. The number of halogens is 2. The fourth-order valence-corrected chi connectivity index (χ4v) is 5.05. The molecule has 2 fully saturated rings. The van der Waals surface area contributed by atoms with Crippen LogP contribution in [0.3, 0.4) is 0 Å². The summed E-state index contributed by atoms with van der Waals surface area (Å²) in [6.45, 7) is 6.63. The Morgan fingerprint density at radius 1 is 1.31 bits per heavy atom. The summed E-state index contributed by atoms with van der Waals surface area (Å²) >= 11 is 10.9. The van der Waals surface area contributed by atoms with Gasteiger partial charge in [0.05, 0.1) is 22.6 Å². The molecule has 0 saturated carbocycles. The molecular weight excluding hydrogens is 477 g/mol. The maximum absolute atomic E-state index is 12.9. The third-order valence-corrected chi connectivity index (χ3v) is 8.00. The Morgan fingerprint density at radius 2 is 1.94 bits per heavy atom. The zero-order chi connectivity index (χ0) is 23.6. The monoisotopic (exact) mass is 505 g/mol. The minimum absolute atomic E-state index is 0.000434. The van der Waals surface area contributed by atoms with Crippen LogP contribution in [0.4, 0.5) is 0 Å². The molecule has 32 heavy (non-hydrogen) atoms. The lowest BCUT2D eigenvalue weighted by atomic mass is 9.85. The molecule has 2 aliphatic rings. The van der Waals surface area contributed by atoms with E-state index in [4.69, 9.17) is 27.9 Å². The van der Waals surface area contributed by atoms with Crippen molar-refractivity contribution in [3.8, 4) is 5.75 Å². The van der Waals surface area contributed by atoms with Crippen LogP contribution >= 0.6 is 23.2 Å². The highest BCUT2D eigenvalue weighted by atomic mass is 35.5. The van der Waals surface area contributed by atoms with Crippen LogP contribution in [0.25, 0.3) is 0 Å². The van der Waals surface area contributed by atoms with E-state index in [1.807, 2.05) is 20.8 Å². The largest absolute Gasteiger partial charge is 0.598 e. The number of carbonyl (C=O) groups is 2. The Labute approximate surface area is 201 Å². The summed E-state index contributed by atoms with van der Waals surface area (Å²) in [4.78, 5) is 25.8. The first-order chi connectivity index (χ1) is 15.0. The van der Waals surface area contributed by atoms with E-state index in [0.717, 1.165) is 0 Å². The van der Waals surface area contributed by atoms with E-state index in [1.165, 1.54) is 6.07 Å². The number of nitrogens with one attached hydrogen (secondary N) is 2. The minimum atomic E-state index is -1.39. The summed E-state index contributed by atoms with van der Waals surface area (Å²) in [7, 11) is 0. The number of likely N-dealkylation sites (tertiary alicyclic amines) is 1. The summed E-state index contributed by atoms with van der Waals surface area (Å²) in [6.07, 6.45) is 0.582. The Balaban J connectivity index is 1.74. The quantitative estimate of drug-likeness (QED) is 0.529. The van der Waals surface area contributed by atoms with Gasteiger partial charge in [0.15, 0.2) is 6.10 Å². The summed E-state index contributed by atoms with van der Waals surface area (Å²) in [6, 6.07) is 2.56. The molecule has 0 radical (unpaired) electrons. The van der Waals surface area contributed by atoms with E-state index in [-0.39, 0.29) is 41.7 Å². The SMILES string of the molecule is CC(C)(C)[S@+]([O-])N[C@@H](c1cc(Cl)c(Cl)cc1O)C1CCN(C(=O)[C@@H]2CNC(=O)CO2)CC1. The maximum Gasteiger partial charge on any atom is 0.253 e. The molecule has 11 heteroatoms. The molecule has 0 unspecified atom stereocenters. The topological polar surface area (TPSA) is 114 Å². The first kappa shape index (κ1) is 25.4. The Kier molecular flexibility index (Phi) is 8.22. The number of phenols is 1. The van der Waals surface area contributed by atoms with E-state index in [9.17, 15) is 19.2 Å². The second-order valence-corrected chi connectivity index (χ2v) is 11.9. The summed E-state index contributed by atoms with van der Waals surface area (Å²) < 4.78 is 20.9. The summed E-state index contributed by atoms with van der Waals surface area (Å²) in [5.41, 5.74) is 0.528. The number of amides is 2. The molecule has 0 aliphatic carbocycles. The predicted molar refractivity (Wildman–Crippen MR) is 124 cm³/mol. The Hall–Kier alpha value is -1.23. The third-order valence-electron chi connectivity index (χ3n) is 5.69. The van der Waals surface area contributed by atoms with E-state index < -0.39 is 28.3 Å². The molecule has 1 aromatic rings. The molecule has 2 amide bonds. The average Bonchev–Trinajstić information content (AvgIpc) is 2.74. The van der Waals surface area contributed by atoms with Gasteiger partial charge in [-0.1, -0.05) is 23.2 Å². The van der Waals surface area contributed by atoms with Crippen LogP contribution in [-0.4, -0.2) is 63.5 Å². The van der Waals surface area contributed by atoms with Gasteiger partial charge >= 0.3 is 0 Å². The van der Waals surface area contributed by atoms with Crippen molar-refractivity contribution >= 4 is 46.4 Å². The fourth-order valence-electron chi connectivity index (χ4n) is 3.81. The van der Waals surface area contributed by atoms with E-state index >= 15 is 0 Å². The number of ether oxygens (including phenoxy) is 1. The standard InChI is InChI=1S/C21H29Cl2N3O5S/c1-21(2,3)32(30)25-19(13-8-14(22)15(23)9-16(13)27)12-4-6-26(7-5-12)20(29)17-10-24-18(28)11-31-17/h8-9,12,17,19,25,27H,4-7,10-11H2,1-3H3,(H,24,28)/t17-,19+,32-/m0/s1. The first-order valence-corrected chi connectivity index (χ1v) is 12.4. The van der Waals surface area contributed by atoms with E-state index in [0.29, 0.717) is 36.5 Å². The van der Waals surface area contributed by atoms with Crippen LogP contribution in [0.2, 0.25) is 10.0 Å². The predicted octanol–water partition coefficient (Wildman–Crippen LogP) is 2.55. The molecule has 3 rings (SSSR count). The highest BCUT2D eigenvalue weighted by molar-refractivity contribution is 7.90. The smallest absolute Gasteiger partial charge is 0.253 e. The normalized spacial score (nSPS) is 22.4. The van der Waals surface area contributed by atoms with Gasteiger partial charge in [-0.05, 0) is 45.6 Å². The van der Waals surface area contributed by atoms with Crippen LogP contribution in [0, 0.1) is 5.92 Å². The lowest BCUT2D eigenvalue weighted by Crippen LogP contribution is -2.53. The van der Waals surface area contributed by atoms with Crippen molar-refractivity contribution < 1.29 is 24.0 Å². The average molecular weight is 506 g/mol. The van der Waals surface area contributed by atoms with Crippen molar-refractivity contribution in [1.29, 1.82) is 0 Å². The molecule has 178 valence electrons. The van der Waals surface area contributed by atoms with Gasteiger partial charge in [-0.25, -0.2) is 0 Å². The number of morpholine rings is 1. The Morgan fingerprint density at radius 3 is 2.50 bits per heavy atom. The van der Waals surface area contributed by atoms with Crippen LogP contribution in [0.15, 0.2) is 12.1 Å². The van der Waals surface area contributed by atoms with Gasteiger partial charge in [0.1, 0.15) is 17.1 Å². The second kappa shape index (κ2) is 10.4. The van der Waals surface area contributed by atoms with Crippen molar-refractivity contribution in [3.63, 3.8) is 0 Å². The summed E-state index contributed by atoms with van der Waals surface area (Å²) in [5, 5.41) is 13.8. The first-order valence-electron chi connectivity index (χ1n) is 10.5. The Bertz CT molecular complexity index is 849. The van der Waals surface area contributed by atoms with E-state index in [1.54, 1.807) is 11.0 Å². The van der Waals surface area contributed by atoms with Crippen molar-refractivity contribution in [2.24, 2.45) is 5.92 Å². The minimum Gasteiger partial charge on any atom is -0.598 e. The third kappa shape index (κ3) is 6.01. The zero-order valence-corrected chi connectivity index (χ0v) is 20.6. The molecule has 2 aliphatic heterocycles. The molecule has 3 N–H and O–H groups in total. The lowest BCUT2D eigenvalue weighted by Gasteiger charge is -2.39. The molecular formula is C21H29Cl2N3O5S. The molecule has 8 nitrogen and oxygen atoms in total. The van der Waals surface area contributed by atoms with Gasteiger partial charge in [-0.2, -0.15) is 0 Å². The van der Waals surface area contributed by atoms with Crippen LogP contribution in [-0.2, 0) is 25.7 Å². The molecule has 2 heterocycles.